The number of carbonyl (C=O) groups excluding carboxylic acids is 3. The molecule has 2 rings (SSSR count). The van der Waals surface area contributed by atoms with Crippen molar-refractivity contribution in [3.05, 3.63) is 35.4 Å². The van der Waals surface area contributed by atoms with E-state index in [9.17, 15) is 14.4 Å². The molecule has 0 saturated carbocycles. The molecule has 0 spiro atoms. The minimum absolute atomic E-state index is 0.203. The summed E-state index contributed by atoms with van der Waals surface area (Å²) < 4.78 is 0. The number of hydrogen-bond donors (Lipinski definition) is 0. The van der Waals surface area contributed by atoms with E-state index in [1.54, 1.807) is 32.0 Å². The molecular weight excluding hydrogens is 206 g/mol. The largest absolute Gasteiger partial charge is 0.302 e. The minimum atomic E-state index is -0.737. The SMILES string of the molecule is CC(C)N1C(=O)C(=O)c2ccccc2C1=O. The third-order valence-corrected chi connectivity index (χ3v) is 2.55. The number of hydrogen-bond acceptors (Lipinski definition) is 3. The normalized spacial score (nSPS) is 15.7. The van der Waals surface area contributed by atoms with Gasteiger partial charge in [0.15, 0.2) is 0 Å². The first-order valence-corrected chi connectivity index (χ1v) is 5.05. The van der Waals surface area contributed by atoms with Crippen LogP contribution >= 0.6 is 0 Å². The van der Waals surface area contributed by atoms with Crippen LogP contribution in [0.4, 0.5) is 0 Å². The predicted octanol–water partition coefficient (Wildman–Crippen LogP) is 1.26. The van der Waals surface area contributed by atoms with Crippen LogP contribution in [0.15, 0.2) is 24.3 Å². The van der Waals surface area contributed by atoms with E-state index in [-0.39, 0.29) is 11.6 Å². The second-order valence-corrected chi connectivity index (χ2v) is 3.95. The Morgan fingerprint density at radius 2 is 1.50 bits per heavy atom. The molecule has 16 heavy (non-hydrogen) atoms. The summed E-state index contributed by atoms with van der Waals surface area (Å²) in [4.78, 5) is 36.4. The van der Waals surface area contributed by atoms with Crippen LogP contribution < -0.4 is 0 Å². The molecule has 2 amide bonds. The average molecular weight is 217 g/mol. The Morgan fingerprint density at radius 3 is 2.06 bits per heavy atom. The van der Waals surface area contributed by atoms with Gasteiger partial charge in [0.25, 0.3) is 11.7 Å². The molecule has 82 valence electrons. The first-order valence-electron chi connectivity index (χ1n) is 5.05. The zero-order valence-electron chi connectivity index (χ0n) is 9.06. The van der Waals surface area contributed by atoms with Crippen molar-refractivity contribution in [1.29, 1.82) is 0 Å². The highest BCUT2D eigenvalue weighted by atomic mass is 16.2. The van der Waals surface area contributed by atoms with Crippen LogP contribution in [0, 0.1) is 0 Å². The molecule has 0 aliphatic carbocycles. The molecule has 0 N–H and O–H groups in total. The van der Waals surface area contributed by atoms with E-state index in [4.69, 9.17) is 0 Å². The number of nitrogens with zero attached hydrogens (tertiary/aromatic N) is 1. The number of carbonyl (C=O) groups is 3. The maximum absolute atomic E-state index is 12.0. The number of benzene rings is 1. The Hall–Kier alpha value is -1.97. The van der Waals surface area contributed by atoms with Crippen LogP contribution in [-0.4, -0.2) is 28.5 Å². The lowest BCUT2D eigenvalue weighted by atomic mass is 9.96. The van der Waals surface area contributed by atoms with Gasteiger partial charge in [0.2, 0.25) is 0 Å². The lowest BCUT2D eigenvalue weighted by molar-refractivity contribution is -0.125. The van der Waals surface area contributed by atoms with Crippen molar-refractivity contribution in [2.75, 3.05) is 0 Å². The third-order valence-electron chi connectivity index (χ3n) is 2.55. The van der Waals surface area contributed by atoms with Crippen LogP contribution in [0.1, 0.15) is 34.6 Å². The number of imide groups is 1. The standard InChI is InChI=1S/C12H11NO3/c1-7(2)13-11(15)9-6-4-3-5-8(9)10(14)12(13)16/h3-7H,1-2H3. The summed E-state index contributed by atoms with van der Waals surface area (Å²) in [6, 6.07) is 6.08. The highest BCUT2D eigenvalue weighted by molar-refractivity contribution is 6.49. The van der Waals surface area contributed by atoms with E-state index in [2.05, 4.69) is 0 Å². The van der Waals surface area contributed by atoms with Gasteiger partial charge in [-0.3, -0.25) is 19.3 Å². The smallest absolute Gasteiger partial charge is 0.283 e. The van der Waals surface area contributed by atoms with Crippen LogP contribution in [0.3, 0.4) is 0 Å². The topological polar surface area (TPSA) is 54.5 Å². The Balaban J connectivity index is 2.61. The molecule has 4 nitrogen and oxygen atoms in total. The highest BCUT2D eigenvalue weighted by Crippen LogP contribution is 2.21. The van der Waals surface area contributed by atoms with E-state index in [1.165, 1.54) is 6.07 Å². The Morgan fingerprint density at radius 1 is 0.938 bits per heavy atom. The molecule has 0 fully saturated rings. The summed E-state index contributed by atoms with van der Waals surface area (Å²) >= 11 is 0. The van der Waals surface area contributed by atoms with Crippen LogP contribution in [-0.2, 0) is 4.79 Å². The monoisotopic (exact) mass is 217 g/mol. The molecule has 4 heteroatoms. The van der Waals surface area contributed by atoms with Gasteiger partial charge in [-0.25, -0.2) is 0 Å². The summed E-state index contributed by atoms with van der Waals surface area (Å²) in [6.07, 6.45) is 0. The average Bonchev–Trinajstić information content (AvgIpc) is 2.26. The molecule has 0 bridgehead atoms. The Kier molecular flexibility index (Phi) is 2.34. The molecule has 1 heterocycles. The maximum Gasteiger partial charge on any atom is 0.302 e. The van der Waals surface area contributed by atoms with Crippen molar-refractivity contribution in [2.24, 2.45) is 0 Å². The van der Waals surface area contributed by atoms with Gasteiger partial charge < -0.3 is 0 Å². The van der Waals surface area contributed by atoms with E-state index in [1.807, 2.05) is 0 Å². The van der Waals surface area contributed by atoms with Crippen molar-refractivity contribution in [1.82, 2.24) is 4.90 Å². The fourth-order valence-electron chi connectivity index (χ4n) is 1.78. The zero-order valence-corrected chi connectivity index (χ0v) is 9.06. The minimum Gasteiger partial charge on any atom is -0.283 e. The summed E-state index contributed by atoms with van der Waals surface area (Å²) in [6.45, 7) is 3.41. The summed E-state index contributed by atoms with van der Waals surface area (Å²) in [5, 5.41) is 0. The van der Waals surface area contributed by atoms with Crippen LogP contribution in [0.25, 0.3) is 0 Å². The fraction of sp³-hybridized carbons (Fsp3) is 0.250. The van der Waals surface area contributed by atoms with Gasteiger partial charge in [-0.15, -0.1) is 0 Å². The number of Topliss-reactive ketones (excluding diaryl/α,β-unsaturated/α-hetero) is 1. The molecule has 0 radical (unpaired) electrons. The van der Waals surface area contributed by atoms with Crippen molar-refractivity contribution >= 4 is 17.6 Å². The van der Waals surface area contributed by atoms with Gasteiger partial charge in [0.1, 0.15) is 0 Å². The van der Waals surface area contributed by atoms with E-state index >= 15 is 0 Å². The molecule has 1 aliphatic heterocycles. The quantitative estimate of drug-likeness (QED) is 0.525. The Bertz CT molecular complexity index is 491. The predicted molar refractivity (Wildman–Crippen MR) is 57.1 cm³/mol. The van der Waals surface area contributed by atoms with Gasteiger partial charge in [-0.2, -0.15) is 0 Å². The van der Waals surface area contributed by atoms with Crippen molar-refractivity contribution < 1.29 is 14.4 Å². The second kappa shape index (κ2) is 3.56. The molecule has 1 aromatic rings. The first-order chi connectivity index (χ1) is 7.54. The molecule has 0 unspecified atom stereocenters. The molecule has 0 atom stereocenters. The fourth-order valence-corrected chi connectivity index (χ4v) is 1.78. The summed E-state index contributed by atoms with van der Waals surface area (Å²) in [5.74, 6) is -1.74. The molecule has 0 aromatic heterocycles. The third kappa shape index (κ3) is 1.34. The van der Waals surface area contributed by atoms with Gasteiger partial charge in [0, 0.05) is 11.6 Å². The Labute approximate surface area is 92.9 Å². The van der Waals surface area contributed by atoms with Crippen molar-refractivity contribution in [3.63, 3.8) is 0 Å². The van der Waals surface area contributed by atoms with Crippen LogP contribution in [0.2, 0.25) is 0 Å². The van der Waals surface area contributed by atoms with Gasteiger partial charge >= 0.3 is 5.91 Å². The molecular formula is C12H11NO3. The van der Waals surface area contributed by atoms with Crippen molar-refractivity contribution in [2.45, 2.75) is 19.9 Å². The molecule has 1 aliphatic rings. The number of amides is 2. The van der Waals surface area contributed by atoms with E-state index in [0.29, 0.717) is 5.56 Å². The number of ketones is 1. The number of rotatable bonds is 1. The van der Waals surface area contributed by atoms with Crippen LogP contribution in [0.5, 0.6) is 0 Å². The summed E-state index contributed by atoms with van der Waals surface area (Å²) in [5.41, 5.74) is 0.509. The first kappa shape index (κ1) is 10.5. The zero-order chi connectivity index (χ0) is 11.9. The van der Waals surface area contributed by atoms with E-state index in [0.717, 1.165) is 4.90 Å². The van der Waals surface area contributed by atoms with Gasteiger partial charge in [0.05, 0.1) is 5.56 Å². The van der Waals surface area contributed by atoms with Gasteiger partial charge in [-0.05, 0) is 19.9 Å². The van der Waals surface area contributed by atoms with Gasteiger partial charge in [-0.1, -0.05) is 18.2 Å². The lowest BCUT2D eigenvalue weighted by Crippen LogP contribution is -2.49. The highest BCUT2D eigenvalue weighted by Gasteiger charge is 2.38. The molecule has 0 saturated heterocycles. The lowest BCUT2D eigenvalue weighted by Gasteiger charge is -2.28. The maximum atomic E-state index is 12.0. The van der Waals surface area contributed by atoms with Crippen molar-refractivity contribution in [3.8, 4) is 0 Å². The van der Waals surface area contributed by atoms with E-state index < -0.39 is 17.6 Å². The number of fused-ring (bicyclic) bond motifs is 1. The summed E-state index contributed by atoms with van der Waals surface area (Å²) in [7, 11) is 0. The molecule has 1 aromatic carbocycles. The second-order valence-electron chi connectivity index (χ2n) is 3.95.